The normalized spacial score (nSPS) is 17.0. The molecule has 176 valence electrons. The molecule has 3 heterocycles. The molecule has 5 rings (SSSR count). The molecule has 2 aromatic carbocycles. The molecule has 8 nitrogen and oxygen atoms in total. The molecule has 1 aliphatic rings. The van der Waals surface area contributed by atoms with Crippen molar-refractivity contribution < 1.29 is 17.9 Å². The van der Waals surface area contributed by atoms with Gasteiger partial charge in [0, 0.05) is 42.1 Å². The number of sulfonamides is 1. The number of nitrogens with one attached hydrogen (secondary N) is 1. The molecule has 1 fully saturated rings. The predicted molar refractivity (Wildman–Crippen MR) is 132 cm³/mol. The summed E-state index contributed by atoms with van der Waals surface area (Å²) in [6.45, 7) is 0.554. The number of aromatic nitrogens is 2. The molecule has 0 spiro atoms. The zero-order valence-electron chi connectivity index (χ0n) is 18.5. The molecule has 1 aliphatic heterocycles. The Hall–Kier alpha value is -3.21. The molecular formula is C24H24N4O4S2. The molecule has 2 aromatic heterocycles. The van der Waals surface area contributed by atoms with Gasteiger partial charge in [0.25, 0.3) is 0 Å². The summed E-state index contributed by atoms with van der Waals surface area (Å²) in [5.74, 6) is -0.000121. The number of rotatable bonds is 6. The maximum atomic E-state index is 13.1. The van der Waals surface area contributed by atoms with E-state index in [0.717, 1.165) is 16.2 Å². The number of benzene rings is 2. The van der Waals surface area contributed by atoms with Crippen molar-refractivity contribution >= 4 is 37.9 Å². The quantitative estimate of drug-likeness (QED) is 0.434. The molecule has 0 aliphatic carbocycles. The fourth-order valence-electron chi connectivity index (χ4n) is 4.11. The number of nitrogens with zero attached hydrogens (tertiary/aromatic N) is 3. The van der Waals surface area contributed by atoms with E-state index in [1.54, 1.807) is 23.5 Å². The number of ether oxygens (including phenoxy) is 1. The summed E-state index contributed by atoms with van der Waals surface area (Å²) < 4.78 is 34.6. The zero-order valence-corrected chi connectivity index (χ0v) is 20.2. The van der Waals surface area contributed by atoms with Gasteiger partial charge in [-0.3, -0.25) is 9.20 Å². The topological polar surface area (TPSA) is 93.0 Å². The molecule has 1 saturated heterocycles. The lowest BCUT2D eigenvalue weighted by atomic mass is 9.98. The molecule has 0 saturated carbocycles. The van der Waals surface area contributed by atoms with Crippen LogP contribution in [0, 0.1) is 5.92 Å². The Morgan fingerprint density at radius 1 is 1.15 bits per heavy atom. The Morgan fingerprint density at radius 2 is 1.91 bits per heavy atom. The second kappa shape index (κ2) is 9.21. The van der Waals surface area contributed by atoms with E-state index in [2.05, 4.69) is 10.3 Å². The number of methoxy groups -OCH3 is 1. The molecule has 34 heavy (non-hydrogen) atoms. The third-order valence-corrected chi connectivity index (χ3v) is 8.64. The predicted octanol–water partition coefficient (Wildman–Crippen LogP) is 4.11. The highest BCUT2D eigenvalue weighted by atomic mass is 32.2. The summed E-state index contributed by atoms with van der Waals surface area (Å²) in [4.78, 5) is 18.7. The number of hydrogen-bond acceptors (Lipinski definition) is 6. The van der Waals surface area contributed by atoms with Gasteiger partial charge in [0.1, 0.15) is 5.75 Å². The van der Waals surface area contributed by atoms with Crippen molar-refractivity contribution in [2.24, 2.45) is 5.92 Å². The number of anilines is 1. The van der Waals surface area contributed by atoms with Gasteiger partial charge in [-0.15, -0.1) is 11.3 Å². The summed E-state index contributed by atoms with van der Waals surface area (Å²) in [5, 5.41) is 4.92. The van der Waals surface area contributed by atoms with Gasteiger partial charge in [0.05, 0.1) is 23.6 Å². The van der Waals surface area contributed by atoms with Crippen molar-refractivity contribution in [3.63, 3.8) is 0 Å². The van der Waals surface area contributed by atoms with Gasteiger partial charge in [-0.05, 0) is 49.2 Å². The van der Waals surface area contributed by atoms with Crippen LogP contribution in [0.1, 0.15) is 12.8 Å². The van der Waals surface area contributed by atoms with Crippen LogP contribution >= 0.6 is 11.3 Å². The number of carbonyl (C=O) groups is 1. The van der Waals surface area contributed by atoms with E-state index in [0.29, 0.717) is 30.8 Å². The first-order chi connectivity index (χ1) is 16.4. The van der Waals surface area contributed by atoms with E-state index >= 15 is 0 Å². The fraction of sp³-hybridized carbons (Fsp3) is 0.250. The molecule has 0 radical (unpaired) electrons. The molecular weight excluding hydrogens is 472 g/mol. The maximum absolute atomic E-state index is 13.1. The van der Waals surface area contributed by atoms with Gasteiger partial charge < -0.3 is 10.1 Å². The van der Waals surface area contributed by atoms with E-state index in [-0.39, 0.29) is 17.3 Å². The van der Waals surface area contributed by atoms with Crippen molar-refractivity contribution in [2.75, 3.05) is 25.5 Å². The van der Waals surface area contributed by atoms with E-state index in [1.807, 2.05) is 46.4 Å². The Morgan fingerprint density at radius 3 is 2.62 bits per heavy atom. The second-order valence-corrected chi connectivity index (χ2v) is 11.0. The maximum Gasteiger partial charge on any atom is 0.243 e. The summed E-state index contributed by atoms with van der Waals surface area (Å²) in [6, 6.07) is 13.8. The minimum Gasteiger partial charge on any atom is -0.497 e. The van der Waals surface area contributed by atoms with Crippen LogP contribution in [0.3, 0.4) is 0 Å². The Kier molecular flexibility index (Phi) is 6.11. The van der Waals surface area contributed by atoms with E-state index < -0.39 is 15.9 Å². The molecule has 0 bridgehead atoms. The zero-order chi connectivity index (χ0) is 23.7. The van der Waals surface area contributed by atoms with Gasteiger partial charge >= 0.3 is 0 Å². The second-order valence-electron chi connectivity index (χ2n) is 8.16. The van der Waals surface area contributed by atoms with Crippen LogP contribution in [0.4, 0.5) is 5.69 Å². The molecule has 10 heteroatoms. The number of fused-ring (bicyclic) bond motifs is 1. The summed E-state index contributed by atoms with van der Waals surface area (Å²) in [6.07, 6.45) is 5.21. The first-order valence-electron chi connectivity index (χ1n) is 10.9. The van der Waals surface area contributed by atoms with Crippen LogP contribution in [0.2, 0.25) is 0 Å². The lowest BCUT2D eigenvalue weighted by molar-refractivity contribution is -0.120. The number of carbonyl (C=O) groups excluding carboxylic acids is 1. The number of imidazole rings is 1. The first kappa shape index (κ1) is 22.6. The van der Waals surface area contributed by atoms with Crippen molar-refractivity contribution in [2.45, 2.75) is 17.7 Å². The Labute approximate surface area is 201 Å². The lowest BCUT2D eigenvalue weighted by Gasteiger charge is -2.31. The fourth-order valence-corrected chi connectivity index (χ4v) is 6.33. The van der Waals surface area contributed by atoms with Crippen LogP contribution in [-0.4, -0.2) is 48.2 Å². The van der Waals surface area contributed by atoms with Crippen LogP contribution in [0.5, 0.6) is 5.75 Å². The van der Waals surface area contributed by atoms with Crippen molar-refractivity contribution in [3.05, 3.63) is 66.3 Å². The molecule has 1 amide bonds. The average Bonchev–Trinajstić information content (AvgIpc) is 3.47. The highest BCUT2D eigenvalue weighted by Gasteiger charge is 2.33. The average molecular weight is 497 g/mol. The van der Waals surface area contributed by atoms with Crippen molar-refractivity contribution in [1.29, 1.82) is 0 Å². The standard InChI is InChI=1S/C24H24N4O4S2/c1-32-20-8-10-21(11-9-20)34(30,31)28-12-2-3-18(15-28)23(29)25-19-6-4-17(5-7-19)22-16-27-13-14-33-24(27)26-22/h4-11,13-14,16,18H,2-3,12,15H2,1H3,(H,25,29)/t18-/m0/s1. The number of hydrogen-bond donors (Lipinski definition) is 1. The summed E-state index contributed by atoms with van der Waals surface area (Å²) in [7, 11) is -2.15. The molecule has 1 N–H and O–H groups in total. The van der Waals surface area contributed by atoms with Gasteiger partial charge in [-0.2, -0.15) is 4.31 Å². The number of piperidine rings is 1. The monoisotopic (exact) mass is 496 g/mol. The van der Waals surface area contributed by atoms with Crippen LogP contribution in [-0.2, 0) is 14.8 Å². The van der Waals surface area contributed by atoms with E-state index in [4.69, 9.17) is 4.74 Å². The van der Waals surface area contributed by atoms with Crippen molar-refractivity contribution in [3.8, 4) is 17.0 Å². The lowest BCUT2D eigenvalue weighted by Crippen LogP contribution is -2.43. The largest absolute Gasteiger partial charge is 0.497 e. The van der Waals surface area contributed by atoms with Gasteiger partial charge in [0.15, 0.2) is 4.96 Å². The third kappa shape index (κ3) is 4.44. The highest BCUT2D eigenvalue weighted by molar-refractivity contribution is 7.89. The van der Waals surface area contributed by atoms with Gasteiger partial charge in [-0.1, -0.05) is 12.1 Å². The molecule has 0 unspecified atom stereocenters. The Balaban J connectivity index is 1.25. The smallest absolute Gasteiger partial charge is 0.243 e. The van der Waals surface area contributed by atoms with Crippen LogP contribution in [0.25, 0.3) is 16.2 Å². The number of thiazole rings is 1. The summed E-state index contributed by atoms with van der Waals surface area (Å²) in [5.41, 5.74) is 2.50. The van der Waals surface area contributed by atoms with E-state index in [1.165, 1.54) is 23.5 Å². The molecule has 4 aromatic rings. The minimum atomic E-state index is -3.68. The van der Waals surface area contributed by atoms with Crippen molar-refractivity contribution in [1.82, 2.24) is 13.7 Å². The Bertz CT molecular complexity index is 1380. The highest BCUT2D eigenvalue weighted by Crippen LogP contribution is 2.27. The van der Waals surface area contributed by atoms with Crippen LogP contribution in [0.15, 0.2) is 71.2 Å². The first-order valence-corrected chi connectivity index (χ1v) is 13.2. The molecule has 1 atom stereocenters. The van der Waals surface area contributed by atoms with Crippen LogP contribution < -0.4 is 10.1 Å². The number of amides is 1. The summed E-state index contributed by atoms with van der Waals surface area (Å²) >= 11 is 1.57. The minimum absolute atomic E-state index is 0.156. The van der Waals surface area contributed by atoms with E-state index in [9.17, 15) is 13.2 Å². The van der Waals surface area contributed by atoms with Gasteiger partial charge in [0.2, 0.25) is 15.9 Å². The van der Waals surface area contributed by atoms with Gasteiger partial charge in [-0.25, -0.2) is 13.4 Å². The third-order valence-electron chi connectivity index (χ3n) is 5.99. The SMILES string of the molecule is COc1ccc(S(=O)(=O)N2CCC[C@H](C(=O)Nc3ccc(-c4cn5ccsc5n4)cc3)C2)cc1.